The highest BCUT2D eigenvalue weighted by Crippen LogP contribution is 2.17. The maximum absolute atomic E-state index is 11.0. The second kappa shape index (κ2) is 6.35. The Bertz CT molecular complexity index is 229. The van der Waals surface area contributed by atoms with E-state index in [2.05, 4.69) is 4.74 Å². The summed E-state index contributed by atoms with van der Waals surface area (Å²) in [6, 6.07) is 0. The minimum atomic E-state index is -0.239. The zero-order valence-electron chi connectivity index (χ0n) is 9.24. The number of hydrogen-bond acceptors (Lipinski definition) is 3. The van der Waals surface area contributed by atoms with Crippen LogP contribution in [0.3, 0.4) is 0 Å². The highest BCUT2D eigenvalue weighted by atomic mass is 16.5. The van der Waals surface area contributed by atoms with Crippen LogP contribution < -0.4 is 0 Å². The Labute approximate surface area is 85.1 Å². The van der Waals surface area contributed by atoms with Crippen molar-refractivity contribution in [3.8, 4) is 0 Å². The largest absolute Gasteiger partial charge is 0.469 e. The third-order valence-corrected chi connectivity index (χ3v) is 2.06. The van der Waals surface area contributed by atoms with E-state index >= 15 is 0 Å². The Kier molecular flexibility index (Phi) is 5.84. The van der Waals surface area contributed by atoms with Crippen molar-refractivity contribution in [2.45, 2.75) is 27.2 Å². The van der Waals surface area contributed by atoms with E-state index in [1.165, 1.54) is 20.1 Å². The molecule has 0 amide bonds. The number of carbonyl (C=O) groups is 2. The van der Waals surface area contributed by atoms with Gasteiger partial charge in [-0.2, -0.15) is 0 Å². The molecule has 0 radical (unpaired) electrons. The molecule has 0 aromatic rings. The topological polar surface area (TPSA) is 43.4 Å². The van der Waals surface area contributed by atoms with E-state index in [1.54, 1.807) is 6.08 Å². The summed E-state index contributed by atoms with van der Waals surface area (Å²) in [7, 11) is 1.37. The fraction of sp³-hybridized carbons (Fsp3) is 0.636. The molecule has 0 bridgehead atoms. The molecule has 0 spiro atoms. The molecule has 1 unspecified atom stereocenters. The van der Waals surface area contributed by atoms with Gasteiger partial charge in [0.2, 0.25) is 0 Å². The van der Waals surface area contributed by atoms with Gasteiger partial charge < -0.3 is 4.74 Å². The van der Waals surface area contributed by atoms with Gasteiger partial charge in [-0.05, 0) is 24.8 Å². The van der Waals surface area contributed by atoms with E-state index in [-0.39, 0.29) is 17.7 Å². The molecule has 1 atom stereocenters. The molecule has 0 aliphatic carbocycles. The molecule has 0 saturated carbocycles. The van der Waals surface area contributed by atoms with Gasteiger partial charge in [0.15, 0.2) is 5.78 Å². The monoisotopic (exact) mass is 198 g/mol. The minimum Gasteiger partial charge on any atom is -0.469 e. The van der Waals surface area contributed by atoms with Gasteiger partial charge in [-0.15, -0.1) is 0 Å². The van der Waals surface area contributed by atoms with E-state index in [0.717, 1.165) is 0 Å². The average molecular weight is 198 g/mol. The summed E-state index contributed by atoms with van der Waals surface area (Å²) in [5.74, 6) is 0.161. The van der Waals surface area contributed by atoms with Crippen LogP contribution in [-0.4, -0.2) is 18.9 Å². The molecular formula is C11H18O3. The predicted octanol–water partition coefficient (Wildman–Crippen LogP) is 1.97. The van der Waals surface area contributed by atoms with Gasteiger partial charge in [-0.25, -0.2) is 0 Å². The van der Waals surface area contributed by atoms with E-state index in [9.17, 15) is 9.59 Å². The molecule has 0 aliphatic rings. The molecule has 0 saturated heterocycles. The van der Waals surface area contributed by atoms with Crippen LogP contribution in [0.2, 0.25) is 0 Å². The highest BCUT2D eigenvalue weighted by molar-refractivity contribution is 5.87. The van der Waals surface area contributed by atoms with Crippen LogP contribution in [0.15, 0.2) is 12.2 Å². The normalized spacial score (nSPS) is 13.2. The SMILES string of the molecule is COC(=O)CC(/C=C/C(C)=O)C(C)C. The fourth-order valence-corrected chi connectivity index (χ4v) is 1.06. The van der Waals surface area contributed by atoms with Crippen molar-refractivity contribution in [2.75, 3.05) is 7.11 Å². The summed E-state index contributed by atoms with van der Waals surface area (Å²) in [6.07, 6.45) is 3.62. The second-order valence-electron chi connectivity index (χ2n) is 3.66. The Hall–Kier alpha value is -1.12. The van der Waals surface area contributed by atoms with Crippen molar-refractivity contribution >= 4 is 11.8 Å². The Balaban J connectivity index is 4.30. The van der Waals surface area contributed by atoms with E-state index in [0.29, 0.717) is 12.3 Å². The Morgan fingerprint density at radius 1 is 1.36 bits per heavy atom. The summed E-state index contributed by atoms with van der Waals surface area (Å²) in [6.45, 7) is 5.52. The van der Waals surface area contributed by atoms with Crippen LogP contribution in [0.5, 0.6) is 0 Å². The van der Waals surface area contributed by atoms with Crippen LogP contribution in [0, 0.1) is 11.8 Å². The maximum Gasteiger partial charge on any atom is 0.306 e. The summed E-state index contributed by atoms with van der Waals surface area (Å²) >= 11 is 0. The number of rotatable bonds is 5. The van der Waals surface area contributed by atoms with Crippen molar-refractivity contribution in [3.05, 3.63) is 12.2 Å². The first-order valence-corrected chi connectivity index (χ1v) is 4.73. The number of carbonyl (C=O) groups excluding carboxylic acids is 2. The number of hydrogen-bond donors (Lipinski definition) is 0. The lowest BCUT2D eigenvalue weighted by Crippen LogP contribution is -2.13. The summed E-state index contributed by atoms with van der Waals surface area (Å²) in [4.78, 5) is 21.8. The van der Waals surface area contributed by atoms with Gasteiger partial charge in [0, 0.05) is 0 Å². The number of methoxy groups -OCH3 is 1. The van der Waals surface area contributed by atoms with Crippen molar-refractivity contribution < 1.29 is 14.3 Å². The third-order valence-electron chi connectivity index (χ3n) is 2.06. The molecule has 14 heavy (non-hydrogen) atoms. The van der Waals surface area contributed by atoms with Gasteiger partial charge >= 0.3 is 5.97 Å². The molecule has 0 aliphatic heterocycles. The molecule has 0 heterocycles. The van der Waals surface area contributed by atoms with E-state index < -0.39 is 0 Å². The van der Waals surface area contributed by atoms with Crippen LogP contribution in [0.1, 0.15) is 27.2 Å². The highest BCUT2D eigenvalue weighted by Gasteiger charge is 2.14. The standard InChI is InChI=1S/C11H18O3/c1-8(2)10(6-5-9(3)12)7-11(13)14-4/h5-6,8,10H,7H2,1-4H3/b6-5+. The second-order valence-corrected chi connectivity index (χ2v) is 3.66. The summed E-state index contributed by atoms with van der Waals surface area (Å²) in [5.41, 5.74) is 0. The zero-order valence-corrected chi connectivity index (χ0v) is 9.24. The van der Waals surface area contributed by atoms with Gasteiger partial charge in [0.25, 0.3) is 0 Å². The lowest BCUT2D eigenvalue weighted by atomic mass is 9.92. The van der Waals surface area contributed by atoms with Crippen LogP contribution >= 0.6 is 0 Å². The molecule has 3 heteroatoms. The van der Waals surface area contributed by atoms with Crippen molar-refractivity contribution in [3.63, 3.8) is 0 Å². The maximum atomic E-state index is 11.0. The van der Waals surface area contributed by atoms with Gasteiger partial charge in [-0.3, -0.25) is 9.59 Å². The first-order valence-electron chi connectivity index (χ1n) is 4.73. The first kappa shape index (κ1) is 12.9. The smallest absolute Gasteiger partial charge is 0.306 e. The minimum absolute atomic E-state index is 0.000478. The van der Waals surface area contributed by atoms with Crippen molar-refractivity contribution in [1.82, 2.24) is 0 Å². The zero-order chi connectivity index (χ0) is 11.1. The Morgan fingerprint density at radius 2 is 1.93 bits per heavy atom. The first-order chi connectivity index (χ1) is 6.47. The molecule has 0 aromatic carbocycles. The lowest BCUT2D eigenvalue weighted by Gasteiger charge is -2.14. The van der Waals surface area contributed by atoms with Gasteiger partial charge in [0.1, 0.15) is 0 Å². The van der Waals surface area contributed by atoms with Crippen molar-refractivity contribution in [1.29, 1.82) is 0 Å². The lowest BCUT2D eigenvalue weighted by molar-refractivity contribution is -0.141. The number of ether oxygens (including phenoxy) is 1. The number of esters is 1. The molecule has 0 N–H and O–H groups in total. The molecule has 0 rings (SSSR count). The predicted molar refractivity (Wildman–Crippen MR) is 54.8 cm³/mol. The van der Waals surface area contributed by atoms with E-state index in [1.807, 2.05) is 13.8 Å². The fourth-order valence-electron chi connectivity index (χ4n) is 1.06. The molecule has 0 aromatic heterocycles. The van der Waals surface area contributed by atoms with Crippen LogP contribution in [-0.2, 0) is 14.3 Å². The quantitative estimate of drug-likeness (QED) is 0.501. The van der Waals surface area contributed by atoms with Crippen LogP contribution in [0.25, 0.3) is 0 Å². The molecular weight excluding hydrogens is 180 g/mol. The van der Waals surface area contributed by atoms with Gasteiger partial charge in [0.05, 0.1) is 13.5 Å². The summed E-state index contributed by atoms with van der Waals surface area (Å²) < 4.78 is 4.58. The van der Waals surface area contributed by atoms with E-state index in [4.69, 9.17) is 0 Å². The molecule has 0 fully saturated rings. The summed E-state index contributed by atoms with van der Waals surface area (Å²) in [5, 5.41) is 0. The number of allylic oxidation sites excluding steroid dienone is 2. The van der Waals surface area contributed by atoms with Crippen molar-refractivity contribution in [2.24, 2.45) is 11.8 Å². The average Bonchev–Trinajstić information content (AvgIpc) is 2.10. The number of ketones is 1. The molecule has 3 nitrogen and oxygen atoms in total. The van der Waals surface area contributed by atoms with Crippen LogP contribution in [0.4, 0.5) is 0 Å². The van der Waals surface area contributed by atoms with Gasteiger partial charge in [-0.1, -0.05) is 19.9 Å². The third kappa shape index (κ3) is 5.51. The molecule has 80 valence electrons. The Morgan fingerprint density at radius 3 is 2.29 bits per heavy atom.